The molecular weight excluding hydrogens is 318 g/mol. The highest BCUT2D eigenvalue weighted by atomic mass is 79.9. The van der Waals surface area contributed by atoms with Crippen LogP contribution in [0.1, 0.15) is 24.2 Å². The lowest BCUT2D eigenvalue weighted by atomic mass is 10.0. The summed E-state index contributed by atoms with van der Waals surface area (Å²) in [6.07, 6.45) is 0.863. The Hall–Kier alpha value is -1.90. The second-order valence-electron chi connectivity index (χ2n) is 4.47. The Bertz CT molecular complexity index is 605. The van der Waals surface area contributed by atoms with Gasteiger partial charge in [0.1, 0.15) is 11.9 Å². The third-order valence-corrected chi connectivity index (χ3v) is 3.48. The highest BCUT2D eigenvalue weighted by molar-refractivity contribution is 9.10. The van der Waals surface area contributed by atoms with Gasteiger partial charge < -0.3 is 10.4 Å². The first-order valence-electron chi connectivity index (χ1n) is 6.16. The summed E-state index contributed by atoms with van der Waals surface area (Å²) < 4.78 is 0.975. The molecule has 0 radical (unpaired) electrons. The fourth-order valence-corrected chi connectivity index (χ4v) is 2.07. The van der Waals surface area contributed by atoms with Crippen molar-refractivity contribution >= 4 is 21.7 Å². The number of nitrogens with one attached hydrogen (secondary N) is 1. The highest BCUT2D eigenvalue weighted by Crippen LogP contribution is 2.21. The lowest BCUT2D eigenvalue weighted by molar-refractivity contribution is 0.160. The van der Waals surface area contributed by atoms with E-state index in [1.54, 1.807) is 12.1 Å². The number of hydrogen-bond acceptors (Lipinski definition) is 4. The van der Waals surface area contributed by atoms with Gasteiger partial charge in [-0.25, -0.2) is 4.98 Å². The predicted molar refractivity (Wildman–Crippen MR) is 81.1 cm³/mol. The molecule has 20 heavy (non-hydrogen) atoms. The van der Waals surface area contributed by atoms with E-state index in [-0.39, 0.29) is 6.04 Å². The van der Waals surface area contributed by atoms with Gasteiger partial charge in [0.25, 0.3) is 0 Å². The fourth-order valence-electron chi connectivity index (χ4n) is 1.81. The largest absolute Gasteiger partial charge is 0.386 e. The first-order chi connectivity index (χ1) is 9.60. The monoisotopic (exact) mass is 331 g/mol. The summed E-state index contributed by atoms with van der Waals surface area (Å²) in [7, 11) is 0. The molecule has 0 aliphatic carbocycles. The van der Waals surface area contributed by atoms with Gasteiger partial charge in [0, 0.05) is 10.7 Å². The lowest BCUT2D eigenvalue weighted by Crippen LogP contribution is -2.24. The molecule has 2 rings (SSSR count). The average Bonchev–Trinajstić information content (AvgIpc) is 2.48. The van der Waals surface area contributed by atoms with Crippen LogP contribution in [0.3, 0.4) is 0 Å². The Morgan fingerprint density at radius 3 is 2.50 bits per heavy atom. The van der Waals surface area contributed by atoms with Crippen molar-refractivity contribution in [3.8, 4) is 6.07 Å². The average molecular weight is 332 g/mol. The lowest BCUT2D eigenvalue weighted by Gasteiger charge is -2.21. The SMILES string of the molecule is CC(Nc1ccc(C#N)cn1)C(O)c1ccc(Br)cc1. The fraction of sp³-hybridized carbons (Fsp3) is 0.200. The Labute approximate surface area is 126 Å². The minimum atomic E-state index is -0.638. The zero-order valence-electron chi connectivity index (χ0n) is 10.9. The van der Waals surface area contributed by atoms with E-state index in [2.05, 4.69) is 26.2 Å². The molecule has 2 unspecified atom stereocenters. The Balaban J connectivity index is 2.05. The van der Waals surface area contributed by atoms with Crippen LogP contribution in [0.5, 0.6) is 0 Å². The van der Waals surface area contributed by atoms with Gasteiger partial charge in [-0.05, 0) is 36.8 Å². The number of aromatic nitrogens is 1. The van der Waals surface area contributed by atoms with Crippen molar-refractivity contribution in [3.63, 3.8) is 0 Å². The van der Waals surface area contributed by atoms with E-state index in [4.69, 9.17) is 5.26 Å². The standard InChI is InChI=1S/C15H14BrN3O/c1-10(15(20)12-3-5-13(16)6-4-12)19-14-7-2-11(8-17)9-18-14/h2-7,9-10,15,20H,1H3,(H,18,19). The molecule has 2 N–H and O–H groups in total. The van der Waals surface area contributed by atoms with Crippen LogP contribution in [0.4, 0.5) is 5.82 Å². The number of nitrogens with zero attached hydrogens (tertiary/aromatic N) is 2. The molecule has 0 saturated heterocycles. The van der Waals surface area contributed by atoms with Crippen LogP contribution in [0.2, 0.25) is 0 Å². The maximum Gasteiger partial charge on any atom is 0.126 e. The summed E-state index contributed by atoms with van der Waals surface area (Å²) in [5.74, 6) is 0.632. The second kappa shape index (κ2) is 6.51. The van der Waals surface area contributed by atoms with E-state index >= 15 is 0 Å². The molecule has 2 atom stereocenters. The van der Waals surface area contributed by atoms with Gasteiger partial charge >= 0.3 is 0 Å². The summed E-state index contributed by atoms with van der Waals surface area (Å²) >= 11 is 3.37. The molecule has 0 aliphatic heterocycles. The maximum absolute atomic E-state index is 10.3. The molecule has 4 nitrogen and oxygen atoms in total. The van der Waals surface area contributed by atoms with Crippen LogP contribution in [-0.2, 0) is 0 Å². The van der Waals surface area contributed by atoms with Gasteiger partial charge in [-0.3, -0.25) is 0 Å². The van der Waals surface area contributed by atoms with Crippen molar-refractivity contribution in [2.24, 2.45) is 0 Å². The number of anilines is 1. The van der Waals surface area contributed by atoms with Crippen molar-refractivity contribution in [1.29, 1.82) is 5.26 Å². The number of halogens is 1. The molecule has 1 aromatic carbocycles. The molecular formula is C15H14BrN3O. The number of aliphatic hydroxyl groups excluding tert-OH is 1. The number of benzene rings is 1. The molecule has 1 aromatic heterocycles. The van der Waals surface area contributed by atoms with Crippen molar-refractivity contribution in [2.45, 2.75) is 19.1 Å². The van der Waals surface area contributed by atoms with Gasteiger partial charge in [0.2, 0.25) is 0 Å². The van der Waals surface area contributed by atoms with E-state index in [1.165, 1.54) is 6.20 Å². The summed E-state index contributed by atoms with van der Waals surface area (Å²) in [5, 5.41) is 22.1. The van der Waals surface area contributed by atoms with Crippen LogP contribution < -0.4 is 5.32 Å². The first kappa shape index (κ1) is 14.5. The number of hydrogen-bond donors (Lipinski definition) is 2. The van der Waals surface area contributed by atoms with Crippen LogP contribution >= 0.6 is 15.9 Å². The Kier molecular flexibility index (Phi) is 4.72. The van der Waals surface area contributed by atoms with E-state index in [0.717, 1.165) is 10.0 Å². The second-order valence-corrected chi connectivity index (χ2v) is 5.39. The van der Waals surface area contributed by atoms with E-state index < -0.39 is 6.10 Å². The number of rotatable bonds is 4. The van der Waals surface area contributed by atoms with E-state index in [0.29, 0.717) is 11.4 Å². The summed E-state index contributed by atoms with van der Waals surface area (Å²) in [6, 6.07) is 12.8. The minimum absolute atomic E-state index is 0.198. The normalized spacial score (nSPS) is 13.3. The number of aliphatic hydroxyl groups is 1. The molecule has 0 aliphatic rings. The van der Waals surface area contributed by atoms with Crippen LogP contribution in [0.25, 0.3) is 0 Å². The number of pyridine rings is 1. The van der Waals surface area contributed by atoms with Gasteiger partial charge in [0.15, 0.2) is 0 Å². The van der Waals surface area contributed by atoms with Gasteiger partial charge in [-0.2, -0.15) is 5.26 Å². The summed E-state index contributed by atoms with van der Waals surface area (Å²) in [5.41, 5.74) is 1.35. The predicted octanol–water partition coefficient (Wildman–Crippen LogP) is 3.25. The number of nitriles is 1. The molecule has 102 valence electrons. The molecule has 5 heteroatoms. The highest BCUT2D eigenvalue weighted by Gasteiger charge is 2.16. The molecule has 0 bridgehead atoms. The molecule has 1 heterocycles. The maximum atomic E-state index is 10.3. The first-order valence-corrected chi connectivity index (χ1v) is 6.95. The molecule has 0 saturated carbocycles. The van der Waals surface area contributed by atoms with Crippen LogP contribution in [0, 0.1) is 11.3 Å². The quantitative estimate of drug-likeness (QED) is 0.902. The summed E-state index contributed by atoms with van der Waals surface area (Å²) in [6.45, 7) is 1.88. The smallest absolute Gasteiger partial charge is 0.126 e. The molecule has 0 amide bonds. The van der Waals surface area contributed by atoms with Crippen molar-refractivity contribution in [3.05, 3.63) is 58.2 Å². The molecule has 0 fully saturated rings. The third kappa shape index (κ3) is 3.56. The van der Waals surface area contributed by atoms with E-state index in [1.807, 2.05) is 37.3 Å². The van der Waals surface area contributed by atoms with Crippen LogP contribution in [-0.4, -0.2) is 16.1 Å². The summed E-state index contributed by atoms with van der Waals surface area (Å²) in [4.78, 5) is 4.13. The zero-order valence-corrected chi connectivity index (χ0v) is 12.5. The van der Waals surface area contributed by atoms with E-state index in [9.17, 15) is 5.11 Å². The van der Waals surface area contributed by atoms with Crippen molar-refractivity contribution < 1.29 is 5.11 Å². The zero-order chi connectivity index (χ0) is 14.5. The van der Waals surface area contributed by atoms with Gasteiger partial charge in [-0.15, -0.1) is 0 Å². The van der Waals surface area contributed by atoms with Gasteiger partial charge in [0.05, 0.1) is 17.7 Å². The van der Waals surface area contributed by atoms with Crippen molar-refractivity contribution in [1.82, 2.24) is 4.98 Å². The molecule has 2 aromatic rings. The Morgan fingerprint density at radius 2 is 1.95 bits per heavy atom. The minimum Gasteiger partial charge on any atom is -0.386 e. The topological polar surface area (TPSA) is 68.9 Å². The van der Waals surface area contributed by atoms with Crippen LogP contribution in [0.15, 0.2) is 47.1 Å². The molecule has 0 spiro atoms. The third-order valence-electron chi connectivity index (χ3n) is 2.95. The van der Waals surface area contributed by atoms with Gasteiger partial charge in [-0.1, -0.05) is 28.1 Å². The van der Waals surface area contributed by atoms with Crippen molar-refractivity contribution in [2.75, 3.05) is 5.32 Å². The Morgan fingerprint density at radius 1 is 1.25 bits per heavy atom.